The third-order valence-corrected chi connectivity index (χ3v) is 2.44. The van der Waals surface area contributed by atoms with Crippen LogP contribution in [0.5, 0.6) is 0 Å². The first-order chi connectivity index (χ1) is 7.30. The Labute approximate surface area is 97.6 Å². The molecule has 0 spiro atoms. The Morgan fingerprint density at radius 2 is 1.69 bits per heavy atom. The van der Waals surface area contributed by atoms with E-state index >= 15 is 0 Å². The van der Waals surface area contributed by atoms with Gasteiger partial charge in [0.2, 0.25) is 0 Å². The summed E-state index contributed by atoms with van der Waals surface area (Å²) in [6.07, 6.45) is -0.188. The Morgan fingerprint density at radius 3 is 2.12 bits per heavy atom. The molecule has 88 valence electrons. The molecule has 0 fully saturated rings. The van der Waals surface area contributed by atoms with E-state index in [0.717, 1.165) is 5.56 Å². The minimum atomic E-state index is -0.445. The zero-order valence-corrected chi connectivity index (χ0v) is 10.7. The largest absolute Gasteiger partial charge is 0.457 e. The molecule has 16 heavy (non-hydrogen) atoms. The van der Waals surface area contributed by atoms with Gasteiger partial charge in [0.25, 0.3) is 0 Å². The number of ether oxygens (including phenoxy) is 1. The Kier molecular flexibility index (Phi) is 3.74. The van der Waals surface area contributed by atoms with Gasteiger partial charge >= 0.3 is 5.97 Å². The molecule has 1 rings (SSSR count). The van der Waals surface area contributed by atoms with Gasteiger partial charge in [0.15, 0.2) is 0 Å². The van der Waals surface area contributed by atoms with Crippen LogP contribution in [0.4, 0.5) is 0 Å². The SMILES string of the molecule is Cc1ccc(C(C)OC(=O)C(C)(C)C)cc1. The topological polar surface area (TPSA) is 26.3 Å². The predicted octanol–water partition coefficient (Wildman–Crippen LogP) is 3.65. The van der Waals surface area contributed by atoms with Gasteiger partial charge in [-0.25, -0.2) is 0 Å². The van der Waals surface area contributed by atoms with Crippen molar-refractivity contribution < 1.29 is 9.53 Å². The second kappa shape index (κ2) is 4.69. The highest BCUT2D eigenvalue weighted by atomic mass is 16.5. The Hall–Kier alpha value is -1.31. The number of aryl methyl sites for hydroxylation is 1. The first kappa shape index (κ1) is 12.8. The minimum Gasteiger partial charge on any atom is -0.457 e. The summed E-state index contributed by atoms with van der Waals surface area (Å²) in [6, 6.07) is 8.04. The second-order valence-electron chi connectivity index (χ2n) is 5.21. The molecular formula is C14H20O2. The van der Waals surface area contributed by atoms with Crippen molar-refractivity contribution in [2.75, 3.05) is 0 Å². The lowest BCUT2D eigenvalue weighted by molar-refractivity contribution is -0.158. The molecule has 0 saturated carbocycles. The van der Waals surface area contributed by atoms with Crippen LogP contribution in [0.2, 0.25) is 0 Å². The molecule has 1 unspecified atom stereocenters. The molecule has 0 aliphatic rings. The van der Waals surface area contributed by atoms with Gasteiger partial charge in [0.05, 0.1) is 5.41 Å². The number of hydrogen-bond donors (Lipinski definition) is 0. The van der Waals surface area contributed by atoms with Crippen molar-refractivity contribution in [1.29, 1.82) is 0 Å². The zero-order chi connectivity index (χ0) is 12.3. The minimum absolute atomic E-state index is 0.166. The second-order valence-corrected chi connectivity index (χ2v) is 5.21. The van der Waals surface area contributed by atoms with E-state index in [9.17, 15) is 4.79 Å². The van der Waals surface area contributed by atoms with Crippen molar-refractivity contribution in [2.24, 2.45) is 5.41 Å². The van der Waals surface area contributed by atoms with Crippen LogP contribution < -0.4 is 0 Å². The van der Waals surface area contributed by atoms with E-state index in [0.29, 0.717) is 0 Å². The number of rotatable bonds is 2. The lowest BCUT2D eigenvalue weighted by atomic mass is 9.97. The fourth-order valence-electron chi connectivity index (χ4n) is 1.24. The fraction of sp³-hybridized carbons (Fsp3) is 0.500. The summed E-state index contributed by atoms with van der Waals surface area (Å²) in [7, 11) is 0. The lowest BCUT2D eigenvalue weighted by Gasteiger charge is -2.21. The van der Waals surface area contributed by atoms with Gasteiger partial charge < -0.3 is 4.74 Å². The quantitative estimate of drug-likeness (QED) is 0.711. The molecule has 0 N–H and O–H groups in total. The van der Waals surface area contributed by atoms with Gasteiger partial charge in [-0.3, -0.25) is 4.79 Å². The van der Waals surface area contributed by atoms with Gasteiger partial charge in [-0.1, -0.05) is 29.8 Å². The third-order valence-electron chi connectivity index (χ3n) is 2.44. The summed E-state index contributed by atoms with van der Waals surface area (Å²) in [4.78, 5) is 11.7. The molecule has 2 nitrogen and oxygen atoms in total. The van der Waals surface area contributed by atoms with Gasteiger partial charge in [0, 0.05) is 0 Å². The van der Waals surface area contributed by atoms with E-state index in [-0.39, 0.29) is 12.1 Å². The van der Waals surface area contributed by atoms with E-state index in [1.54, 1.807) is 0 Å². The summed E-state index contributed by atoms with van der Waals surface area (Å²) in [5.74, 6) is -0.166. The van der Waals surface area contributed by atoms with E-state index in [1.165, 1.54) is 5.56 Å². The van der Waals surface area contributed by atoms with Crippen LogP contribution in [0.3, 0.4) is 0 Å². The molecule has 1 aromatic carbocycles. The van der Waals surface area contributed by atoms with Crippen LogP contribution >= 0.6 is 0 Å². The number of benzene rings is 1. The molecule has 0 heterocycles. The number of esters is 1. The van der Waals surface area contributed by atoms with Crippen LogP contribution in [-0.2, 0) is 9.53 Å². The van der Waals surface area contributed by atoms with Gasteiger partial charge in [-0.05, 0) is 40.2 Å². The Morgan fingerprint density at radius 1 is 1.19 bits per heavy atom. The summed E-state index contributed by atoms with van der Waals surface area (Å²) in [6.45, 7) is 9.51. The van der Waals surface area contributed by atoms with Crippen LogP contribution in [0.15, 0.2) is 24.3 Å². The molecule has 0 radical (unpaired) electrons. The molecule has 2 heteroatoms. The van der Waals surface area contributed by atoms with E-state index in [1.807, 2.05) is 58.9 Å². The maximum absolute atomic E-state index is 11.7. The Bertz CT molecular complexity index is 357. The van der Waals surface area contributed by atoms with E-state index in [2.05, 4.69) is 0 Å². The number of carbonyl (C=O) groups excluding carboxylic acids is 1. The maximum Gasteiger partial charge on any atom is 0.311 e. The average molecular weight is 220 g/mol. The smallest absolute Gasteiger partial charge is 0.311 e. The fourth-order valence-corrected chi connectivity index (χ4v) is 1.24. The molecule has 1 aromatic rings. The van der Waals surface area contributed by atoms with Crippen molar-refractivity contribution in [3.8, 4) is 0 Å². The van der Waals surface area contributed by atoms with Crippen LogP contribution in [0.1, 0.15) is 44.9 Å². The zero-order valence-electron chi connectivity index (χ0n) is 10.7. The summed E-state index contributed by atoms with van der Waals surface area (Å²) in [5, 5.41) is 0. The molecule has 0 aliphatic heterocycles. The van der Waals surface area contributed by atoms with Gasteiger partial charge in [-0.15, -0.1) is 0 Å². The number of hydrogen-bond acceptors (Lipinski definition) is 2. The monoisotopic (exact) mass is 220 g/mol. The first-order valence-electron chi connectivity index (χ1n) is 5.58. The van der Waals surface area contributed by atoms with Crippen molar-refractivity contribution in [3.63, 3.8) is 0 Å². The van der Waals surface area contributed by atoms with Crippen LogP contribution in [0, 0.1) is 12.3 Å². The van der Waals surface area contributed by atoms with Gasteiger partial charge in [0.1, 0.15) is 6.10 Å². The van der Waals surface area contributed by atoms with Crippen molar-refractivity contribution in [2.45, 2.75) is 40.7 Å². The van der Waals surface area contributed by atoms with Crippen LogP contribution in [-0.4, -0.2) is 5.97 Å². The lowest BCUT2D eigenvalue weighted by Crippen LogP contribution is -2.24. The third kappa shape index (κ3) is 3.37. The predicted molar refractivity (Wildman–Crippen MR) is 65.1 cm³/mol. The van der Waals surface area contributed by atoms with Gasteiger partial charge in [-0.2, -0.15) is 0 Å². The van der Waals surface area contributed by atoms with Crippen LogP contribution in [0.25, 0.3) is 0 Å². The van der Waals surface area contributed by atoms with Crippen molar-refractivity contribution in [1.82, 2.24) is 0 Å². The molecule has 0 bridgehead atoms. The summed E-state index contributed by atoms with van der Waals surface area (Å²) in [5.41, 5.74) is 1.79. The maximum atomic E-state index is 11.7. The standard InChI is InChI=1S/C14H20O2/c1-10-6-8-12(9-7-10)11(2)16-13(15)14(3,4)5/h6-9,11H,1-5H3. The van der Waals surface area contributed by atoms with Crippen molar-refractivity contribution in [3.05, 3.63) is 35.4 Å². The molecule has 0 saturated heterocycles. The average Bonchev–Trinajstić information content (AvgIpc) is 2.17. The molecule has 0 aromatic heterocycles. The highest BCUT2D eigenvalue weighted by Gasteiger charge is 2.25. The molecule has 0 amide bonds. The highest BCUT2D eigenvalue weighted by Crippen LogP contribution is 2.23. The summed E-state index contributed by atoms with van der Waals surface area (Å²) >= 11 is 0. The van der Waals surface area contributed by atoms with Crippen molar-refractivity contribution >= 4 is 5.97 Å². The molecule has 1 atom stereocenters. The first-order valence-corrected chi connectivity index (χ1v) is 5.58. The highest BCUT2D eigenvalue weighted by molar-refractivity contribution is 5.75. The van der Waals surface area contributed by atoms with E-state index in [4.69, 9.17) is 4.74 Å². The Balaban J connectivity index is 2.69. The normalized spacial score (nSPS) is 13.3. The summed E-state index contributed by atoms with van der Waals surface area (Å²) < 4.78 is 5.40. The van der Waals surface area contributed by atoms with E-state index < -0.39 is 5.41 Å². The molecular weight excluding hydrogens is 200 g/mol. The molecule has 0 aliphatic carbocycles. The number of carbonyl (C=O) groups is 1.